The smallest absolute Gasteiger partial charge is 0.127 e. The third kappa shape index (κ3) is 2.15. The zero-order valence-corrected chi connectivity index (χ0v) is 8.86. The van der Waals surface area contributed by atoms with Crippen molar-refractivity contribution in [3.8, 4) is 11.8 Å². The van der Waals surface area contributed by atoms with Crippen LogP contribution in [-0.2, 0) is 0 Å². The van der Waals surface area contributed by atoms with E-state index in [2.05, 4.69) is 6.07 Å². The van der Waals surface area contributed by atoms with Crippen molar-refractivity contribution in [2.24, 2.45) is 0 Å². The third-order valence-electron chi connectivity index (χ3n) is 2.85. The van der Waals surface area contributed by atoms with Gasteiger partial charge in [0.15, 0.2) is 0 Å². The number of phenols is 1. The van der Waals surface area contributed by atoms with Gasteiger partial charge in [0.25, 0.3) is 0 Å². The average Bonchev–Trinajstić information content (AvgIpc) is 2.70. The molecule has 0 bridgehead atoms. The van der Waals surface area contributed by atoms with E-state index in [1.165, 1.54) is 12.1 Å². The van der Waals surface area contributed by atoms with E-state index in [0.717, 1.165) is 32.0 Å². The maximum atomic E-state index is 13.1. The molecule has 1 atom stereocenters. The van der Waals surface area contributed by atoms with Gasteiger partial charge < -0.3 is 5.11 Å². The Hall–Kier alpha value is -1.60. The van der Waals surface area contributed by atoms with Crippen LogP contribution in [0.15, 0.2) is 18.2 Å². The number of aromatic hydroxyl groups is 1. The van der Waals surface area contributed by atoms with E-state index >= 15 is 0 Å². The monoisotopic (exact) mass is 220 g/mol. The summed E-state index contributed by atoms with van der Waals surface area (Å²) in [5, 5.41) is 18.4. The molecule has 0 aromatic heterocycles. The maximum absolute atomic E-state index is 13.1. The van der Waals surface area contributed by atoms with Gasteiger partial charge in [-0.1, -0.05) is 0 Å². The second-order valence-electron chi connectivity index (χ2n) is 4.02. The molecule has 1 fully saturated rings. The molecule has 1 aliphatic rings. The van der Waals surface area contributed by atoms with Gasteiger partial charge in [0.2, 0.25) is 0 Å². The molecule has 1 heterocycles. The zero-order chi connectivity index (χ0) is 11.5. The molecule has 1 aliphatic heterocycles. The van der Waals surface area contributed by atoms with Gasteiger partial charge in [-0.05, 0) is 43.6 Å². The van der Waals surface area contributed by atoms with Crippen molar-refractivity contribution in [3.63, 3.8) is 0 Å². The van der Waals surface area contributed by atoms with Gasteiger partial charge in [-0.3, -0.25) is 4.90 Å². The summed E-state index contributed by atoms with van der Waals surface area (Å²) in [4.78, 5) is 2.01. The summed E-state index contributed by atoms with van der Waals surface area (Å²) in [6, 6.07) is 5.52. The molecule has 1 aromatic carbocycles. The van der Waals surface area contributed by atoms with E-state index in [-0.39, 0.29) is 5.75 Å². The standard InChI is InChI=1S/C12H13FN2O/c13-10-5-9(6-11(16)7-10)12(8-14)15-3-1-2-4-15/h5-7,12,16H,1-4H2. The fourth-order valence-electron chi connectivity index (χ4n) is 2.12. The van der Waals surface area contributed by atoms with Crippen molar-refractivity contribution < 1.29 is 9.50 Å². The van der Waals surface area contributed by atoms with Crippen LogP contribution in [0, 0.1) is 17.1 Å². The molecule has 3 nitrogen and oxygen atoms in total. The van der Waals surface area contributed by atoms with Crippen molar-refractivity contribution in [2.75, 3.05) is 13.1 Å². The van der Waals surface area contributed by atoms with Crippen molar-refractivity contribution in [2.45, 2.75) is 18.9 Å². The number of likely N-dealkylation sites (tertiary alicyclic amines) is 1. The molecule has 16 heavy (non-hydrogen) atoms. The number of phenolic OH excluding ortho intramolecular Hbond substituents is 1. The van der Waals surface area contributed by atoms with E-state index in [9.17, 15) is 9.50 Å². The molecule has 1 N–H and O–H groups in total. The Kier molecular flexibility index (Phi) is 3.07. The molecule has 4 heteroatoms. The highest BCUT2D eigenvalue weighted by atomic mass is 19.1. The first kappa shape index (κ1) is 10.9. The SMILES string of the molecule is N#CC(c1cc(O)cc(F)c1)N1CCCC1. The first-order valence-electron chi connectivity index (χ1n) is 5.34. The molecule has 0 radical (unpaired) electrons. The van der Waals surface area contributed by atoms with Crippen LogP contribution in [0.2, 0.25) is 0 Å². The van der Waals surface area contributed by atoms with Gasteiger partial charge in [-0.2, -0.15) is 5.26 Å². The summed E-state index contributed by atoms with van der Waals surface area (Å²) in [7, 11) is 0. The Labute approximate surface area is 93.7 Å². The summed E-state index contributed by atoms with van der Waals surface area (Å²) in [6.45, 7) is 1.71. The average molecular weight is 220 g/mol. The Morgan fingerprint density at radius 3 is 2.56 bits per heavy atom. The number of nitrogens with zero attached hydrogens (tertiary/aromatic N) is 2. The van der Waals surface area contributed by atoms with Gasteiger partial charge in [0.1, 0.15) is 17.6 Å². The molecule has 1 saturated heterocycles. The largest absolute Gasteiger partial charge is 0.508 e. The lowest BCUT2D eigenvalue weighted by atomic mass is 10.1. The number of benzene rings is 1. The van der Waals surface area contributed by atoms with Gasteiger partial charge in [0.05, 0.1) is 6.07 Å². The second kappa shape index (κ2) is 4.50. The molecular weight excluding hydrogens is 207 g/mol. The van der Waals surface area contributed by atoms with E-state index in [1.54, 1.807) is 0 Å². The first-order valence-corrected chi connectivity index (χ1v) is 5.34. The van der Waals surface area contributed by atoms with E-state index in [1.807, 2.05) is 4.90 Å². The van der Waals surface area contributed by atoms with E-state index < -0.39 is 11.9 Å². The summed E-state index contributed by atoms with van der Waals surface area (Å²) in [6.07, 6.45) is 2.14. The summed E-state index contributed by atoms with van der Waals surface area (Å²) >= 11 is 0. The lowest BCUT2D eigenvalue weighted by Gasteiger charge is -2.21. The molecule has 2 rings (SSSR count). The van der Waals surface area contributed by atoms with E-state index in [0.29, 0.717) is 5.56 Å². The fourth-order valence-corrected chi connectivity index (χ4v) is 2.12. The van der Waals surface area contributed by atoms with Crippen LogP contribution in [0.5, 0.6) is 5.75 Å². The Balaban J connectivity index is 2.29. The fraction of sp³-hybridized carbons (Fsp3) is 0.417. The zero-order valence-electron chi connectivity index (χ0n) is 8.86. The normalized spacial score (nSPS) is 18.2. The summed E-state index contributed by atoms with van der Waals surface area (Å²) in [5.41, 5.74) is 0.530. The minimum Gasteiger partial charge on any atom is -0.508 e. The second-order valence-corrected chi connectivity index (χ2v) is 4.02. The van der Waals surface area contributed by atoms with E-state index in [4.69, 9.17) is 5.26 Å². The minimum absolute atomic E-state index is 0.130. The minimum atomic E-state index is -0.505. The molecule has 0 aliphatic carbocycles. The van der Waals surface area contributed by atoms with Crippen LogP contribution < -0.4 is 0 Å². The van der Waals surface area contributed by atoms with Crippen molar-refractivity contribution in [3.05, 3.63) is 29.6 Å². The lowest BCUT2D eigenvalue weighted by molar-refractivity contribution is 0.293. The van der Waals surface area contributed by atoms with Gasteiger partial charge in [-0.15, -0.1) is 0 Å². The van der Waals surface area contributed by atoms with Crippen LogP contribution in [0.4, 0.5) is 4.39 Å². The molecule has 1 aromatic rings. The number of nitriles is 1. The van der Waals surface area contributed by atoms with Crippen molar-refractivity contribution in [1.82, 2.24) is 4.90 Å². The van der Waals surface area contributed by atoms with Crippen LogP contribution in [-0.4, -0.2) is 23.1 Å². The molecule has 1 unspecified atom stereocenters. The van der Waals surface area contributed by atoms with Gasteiger partial charge in [0, 0.05) is 6.07 Å². The van der Waals surface area contributed by atoms with Crippen molar-refractivity contribution in [1.29, 1.82) is 5.26 Å². The number of hydrogen-bond acceptors (Lipinski definition) is 3. The van der Waals surface area contributed by atoms with Crippen LogP contribution >= 0.6 is 0 Å². The lowest BCUT2D eigenvalue weighted by Crippen LogP contribution is -2.24. The summed E-state index contributed by atoms with van der Waals surface area (Å²) in [5.74, 6) is -0.635. The third-order valence-corrected chi connectivity index (χ3v) is 2.85. The van der Waals surface area contributed by atoms with Crippen molar-refractivity contribution >= 4 is 0 Å². The molecule has 0 amide bonds. The quantitative estimate of drug-likeness (QED) is 0.831. The highest BCUT2D eigenvalue weighted by Crippen LogP contribution is 2.27. The first-order chi connectivity index (χ1) is 7.70. The number of halogens is 1. The highest BCUT2D eigenvalue weighted by molar-refractivity contribution is 5.33. The topological polar surface area (TPSA) is 47.3 Å². The van der Waals surface area contributed by atoms with Crippen LogP contribution in [0.3, 0.4) is 0 Å². The Morgan fingerprint density at radius 2 is 2.00 bits per heavy atom. The number of rotatable bonds is 2. The maximum Gasteiger partial charge on any atom is 0.127 e. The molecule has 0 spiro atoms. The van der Waals surface area contributed by atoms with Crippen LogP contribution in [0.25, 0.3) is 0 Å². The summed E-state index contributed by atoms with van der Waals surface area (Å²) < 4.78 is 13.1. The molecule has 84 valence electrons. The Morgan fingerprint density at radius 1 is 1.31 bits per heavy atom. The predicted octanol–water partition coefficient (Wildman–Crippen LogP) is 2.19. The predicted molar refractivity (Wildman–Crippen MR) is 57.2 cm³/mol. The Bertz CT molecular complexity index is 401. The van der Waals surface area contributed by atoms with Gasteiger partial charge >= 0.3 is 0 Å². The molecular formula is C12H13FN2O. The van der Waals surface area contributed by atoms with Gasteiger partial charge in [-0.25, -0.2) is 4.39 Å². The number of hydrogen-bond donors (Lipinski definition) is 1. The highest BCUT2D eigenvalue weighted by Gasteiger charge is 2.23. The van der Waals surface area contributed by atoms with Crippen LogP contribution in [0.1, 0.15) is 24.4 Å². The molecule has 0 saturated carbocycles.